The summed E-state index contributed by atoms with van der Waals surface area (Å²) in [5.74, 6) is 2.20. The van der Waals surface area contributed by atoms with Gasteiger partial charge in [-0.25, -0.2) is 18.5 Å². The first-order chi connectivity index (χ1) is 13.4. The zero-order valence-electron chi connectivity index (χ0n) is 15.7. The van der Waals surface area contributed by atoms with Gasteiger partial charge in [0.2, 0.25) is 16.0 Å². The number of nitrogens with one attached hydrogen (secondary N) is 1. The van der Waals surface area contributed by atoms with Crippen LogP contribution in [0.25, 0.3) is 11.0 Å². The zero-order valence-corrected chi connectivity index (χ0v) is 16.5. The molecule has 1 saturated heterocycles. The first-order valence-corrected chi connectivity index (χ1v) is 10.5. The zero-order chi connectivity index (χ0) is 19.9. The van der Waals surface area contributed by atoms with Crippen molar-refractivity contribution < 1.29 is 17.9 Å². The van der Waals surface area contributed by atoms with E-state index in [1.54, 1.807) is 20.3 Å². The van der Waals surface area contributed by atoms with Crippen molar-refractivity contribution in [3.05, 3.63) is 42.0 Å². The number of nitrogens with two attached hydrogens (primary N) is 1. The van der Waals surface area contributed by atoms with E-state index in [2.05, 4.69) is 14.9 Å². The quantitative estimate of drug-likeness (QED) is 0.679. The molecule has 28 heavy (non-hydrogen) atoms. The summed E-state index contributed by atoms with van der Waals surface area (Å²) in [6.07, 6.45) is 1.97. The van der Waals surface area contributed by atoms with Gasteiger partial charge in [-0.3, -0.25) is 0 Å². The lowest BCUT2D eigenvalue weighted by Crippen LogP contribution is -2.24. The van der Waals surface area contributed by atoms with E-state index in [0.717, 1.165) is 36.4 Å². The summed E-state index contributed by atoms with van der Waals surface area (Å²) >= 11 is 0. The van der Waals surface area contributed by atoms with Crippen molar-refractivity contribution in [1.82, 2.24) is 9.97 Å². The number of H-pyrrole nitrogens is 1. The fourth-order valence-corrected chi connectivity index (χ4v) is 4.27. The largest absolute Gasteiger partial charge is 0.497 e. The molecular formula is C19H22N4O4S. The van der Waals surface area contributed by atoms with Gasteiger partial charge in [-0.05, 0) is 43.2 Å². The summed E-state index contributed by atoms with van der Waals surface area (Å²) in [5, 5.41) is 5.23. The molecular weight excluding hydrogens is 380 g/mol. The number of ether oxygens (including phenoxy) is 2. The molecule has 0 radical (unpaired) electrons. The minimum Gasteiger partial charge on any atom is -0.497 e. The van der Waals surface area contributed by atoms with E-state index in [9.17, 15) is 8.42 Å². The summed E-state index contributed by atoms with van der Waals surface area (Å²) < 4.78 is 34.1. The van der Waals surface area contributed by atoms with Gasteiger partial charge in [-0.1, -0.05) is 0 Å². The number of nitrogens with zero attached hydrogens (tertiary/aromatic N) is 2. The minimum atomic E-state index is -3.76. The van der Waals surface area contributed by atoms with Gasteiger partial charge >= 0.3 is 0 Å². The van der Waals surface area contributed by atoms with Crippen LogP contribution in [0.1, 0.15) is 24.4 Å². The van der Waals surface area contributed by atoms with Crippen LogP contribution in [0.4, 0.5) is 5.95 Å². The summed E-state index contributed by atoms with van der Waals surface area (Å²) in [7, 11) is -0.491. The van der Waals surface area contributed by atoms with Crippen molar-refractivity contribution in [2.75, 3.05) is 25.7 Å². The Balaban J connectivity index is 1.72. The number of primary sulfonamides is 1. The maximum absolute atomic E-state index is 11.6. The van der Waals surface area contributed by atoms with Gasteiger partial charge in [-0.2, -0.15) is 0 Å². The summed E-state index contributed by atoms with van der Waals surface area (Å²) in [6.45, 7) is 0.835. The van der Waals surface area contributed by atoms with Crippen LogP contribution >= 0.6 is 0 Å². The number of rotatable bonds is 5. The number of aromatic nitrogens is 2. The van der Waals surface area contributed by atoms with Crippen molar-refractivity contribution in [1.29, 1.82) is 0 Å². The number of aromatic amines is 1. The van der Waals surface area contributed by atoms with Crippen LogP contribution < -0.4 is 19.5 Å². The maximum atomic E-state index is 11.6. The molecule has 1 fully saturated rings. The fraction of sp³-hybridized carbons (Fsp3) is 0.316. The van der Waals surface area contributed by atoms with Crippen LogP contribution in [0.5, 0.6) is 11.5 Å². The van der Waals surface area contributed by atoms with E-state index >= 15 is 0 Å². The molecule has 1 unspecified atom stereocenters. The molecule has 0 spiro atoms. The predicted molar refractivity (Wildman–Crippen MR) is 106 cm³/mol. The lowest BCUT2D eigenvalue weighted by atomic mass is 10.0. The lowest BCUT2D eigenvalue weighted by Gasteiger charge is -2.26. The molecule has 0 aliphatic carbocycles. The van der Waals surface area contributed by atoms with Crippen LogP contribution in [-0.2, 0) is 10.0 Å². The highest BCUT2D eigenvalue weighted by molar-refractivity contribution is 7.89. The summed E-state index contributed by atoms with van der Waals surface area (Å²) in [6, 6.07) is 10.6. The summed E-state index contributed by atoms with van der Waals surface area (Å²) in [4.78, 5) is 10.1. The topological polar surface area (TPSA) is 111 Å². The van der Waals surface area contributed by atoms with Crippen molar-refractivity contribution in [2.24, 2.45) is 5.14 Å². The number of sulfonamides is 1. The third-order valence-corrected chi connectivity index (χ3v) is 6.00. The Morgan fingerprint density at radius 1 is 1.18 bits per heavy atom. The second-order valence-corrected chi connectivity index (χ2v) is 8.31. The highest BCUT2D eigenvalue weighted by atomic mass is 32.2. The van der Waals surface area contributed by atoms with Crippen LogP contribution in [0.3, 0.4) is 0 Å². The lowest BCUT2D eigenvalue weighted by molar-refractivity contribution is 0.388. The third-order valence-electron chi connectivity index (χ3n) is 5.09. The molecule has 1 atom stereocenters. The smallest absolute Gasteiger partial charge is 0.238 e. The van der Waals surface area contributed by atoms with E-state index < -0.39 is 10.0 Å². The second-order valence-electron chi connectivity index (χ2n) is 6.74. The molecule has 1 aromatic heterocycles. The average Bonchev–Trinajstić information content (AvgIpc) is 3.32. The van der Waals surface area contributed by atoms with Gasteiger partial charge < -0.3 is 19.4 Å². The molecule has 4 rings (SSSR count). The summed E-state index contributed by atoms with van der Waals surface area (Å²) in [5.41, 5.74) is 2.38. The van der Waals surface area contributed by atoms with Crippen LogP contribution in [-0.4, -0.2) is 39.2 Å². The van der Waals surface area contributed by atoms with Crippen LogP contribution in [0.2, 0.25) is 0 Å². The first-order valence-electron chi connectivity index (χ1n) is 8.92. The average molecular weight is 402 g/mol. The van der Waals surface area contributed by atoms with E-state index in [1.807, 2.05) is 18.2 Å². The Labute approximate surface area is 163 Å². The van der Waals surface area contributed by atoms with Crippen molar-refractivity contribution in [3.63, 3.8) is 0 Å². The number of fused-ring (bicyclic) bond motifs is 1. The number of anilines is 1. The van der Waals surface area contributed by atoms with Crippen LogP contribution in [0, 0.1) is 0 Å². The Kier molecular flexibility index (Phi) is 4.64. The molecule has 9 heteroatoms. The molecule has 2 heterocycles. The first kappa shape index (κ1) is 18.6. The molecule has 3 N–H and O–H groups in total. The monoisotopic (exact) mass is 402 g/mol. The molecule has 1 aliphatic rings. The SMILES string of the molecule is COc1ccc(C2CCCN2c2nc3ccc(S(N)(=O)=O)cc3[nH]2)c(OC)c1. The molecule has 1 aliphatic heterocycles. The molecule has 0 bridgehead atoms. The molecule has 0 saturated carbocycles. The van der Waals surface area contributed by atoms with Gasteiger partial charge in [0, 0.05) is 18.2 Å². The van der Waals surface area contributed by atoms with E-state index in [4.69, 9.17) is 14.6 Å². The van der Waals surface area contributed by atoms with Gasteiger partial charge in [0.1, 0.15) is 11.5 Å². The Bertz CT molecular complexity index is 1130. The molecule has 3 aromatic rings. The van der Waals surface area contributed by atoms with E-state index in [1.165, 1.54) is 12.1 Å². The minimum absolute atomic E-state index is 0.0602. The maximum Gasteiger partial charge on any atom is 0.238 e. The highest BCUT2D eigenvalue weighted by Crippen LogP contribution is 2.40. The Hall–Kier alpha value is -2.78. The second kappa shape index (κ2) is 6.99. The van der Waals surface area contributed by atoms with Crippen molar-refractivity contribution in [3.8, 4) is 11.5 Å². The van der Waals surface area contributed by atoms with E-state index in [-0.39, 0.29) is 10.9 Å². The molecule has 148 valence electrons. The van der Waals surface area contributed by atoms with Gasteiger partial charge in [0.25, 0.3) is 0 Å². The predicted octanol–water partition coefficient (Wildman–Crippen LogP) is 2.57. The Morgan fingerprint density at radius 2 is 2.00 bits per heavy atom. The molecule has 2 aromatic carbocycles. The number of benzene rings is 2. The standard InChI is InChI=1S/C19H22N4O4S/c1-26-12-5-7-14(18(10-12)27-2)17-4-3-9-23(17)19-21-15-8-6-13(28(20,24)25)11-16(15)22-19/h5-8,10-11,17H,3-4,9H2,1-2H3,(H,21,22)(H2,20,24,25). The van der Waals surface area contributed by atoms with Crippen LogP contribution in [0.15, 0.2) is 41.3 Å². The van der Waals surface area contributed by atoms with E-state index in [0.29, 0.717) is 17.0 Å². The number of hydrogen-bond donors (Lipinski definition) is 2. The normalized spacial score (nSPS) is 17.2. The van der Waals surface area contributed by atoms with Gasteiger partial charge in [0.05, 0.1) is 36.2 Å². The van der Waals surface area contributed by atoms with Gasteiger partial charge in [-0.15, -0.1) is 0 Å². The number of hydrogen-bond acceptors (Lipinski definition) is 6. The van der Waals surface area contributed by atoms with Gasteiger partial charge in [0.15, 0.2) is 0 Å². The Morgan fingerprint density at radius 3 is 2.71 bits per heavy atom. The third kappa shape index (κ3) is 3.27. The van der Waals surface area contributed by atoms with Crippen molar-refractivity contribution in [2.45, 2.75) is 23.8 Å². The number of methoxy groups -OCH3 is 2. The van der Waals surface area contributed by atoms with Crippen molar-refractivity contribution >= 4 is 27.0 Å². The molecule has 8 nitrogen and oxygen atoms in total. The molecule has 0 amide bonds. The fourth-order valence-electron chi connectivity index (χ4n) is 3.73. The highest BCUT2D eigenvalue weighted by Gasteiger charge is 2.30. The number of imidazole rings is 1.